The molecule has 147 heavy (non-hydrogen) atoms. The van der Waals surface area contributed by atoms with Crippen LogP contribution in [0.4, 0.5) is 19.2 Å². The molecule has 1 heterocycles. The number of hydrogen-bond acceptors (Lipinski definition) is 18. The summed E-state index contributed by atoms with van der Waals surface area (Å²) < 4.78 is 53.3. The topological polar surface area (TPSA) is 269 Å². The highest BCUT2D eigenvalue weighted by atomic mass is 35.5. The fourth-order valence-corrected chi connectivity index (χ4v) is 18.9. The van der Waals surface area contributed by atoms with Crippen LogP contribution in [0.1, 0.15) is 146 Å². The third-order valence-corrected chi connectivity index (χ3v) is 25.4. The highest BCUT2D eigenvalue weighted by Crippen LogP contribution is 2.48. The van der Waals surface area contributed by atoms with E-state index in [1.54, 1.807) is 161 Å². The average Bonchev–Trinajstić information content (AvgIpc) is 1.03. The predicted octanol–water partition coefficient (Wildman–Crippen LogP) is 38.4. The first-order chi connectivity index (χ1) is 67.4. The molecule has 0 fully saturated rings. The lowest BCUT2D eigenvalue weighted by Gasteiger charge is -2.23. The summed E-state index contributed by atoms with van der Waals surface area (Å²) >= 11 is 151. The molecule has 12 aromatic carbocycles. The molecule has 790 valence electrons. The molecule has 0 bridgehead atoms. The summed E-state index contributed by atoms with van der Waals surface area (Å²) in [5.74, 6) is 2.65. The van der Waals surface area contributed by atoms with E-state index in [-0.39, 0.29) is 113 Å². The van der Waals surface area contributed by atoms with E-state index in [4.69, 9.17) is 337 Å². The van der Waals surface area contributed by atoms with Crippen LogP contribution < -0.4 is 44.6 Å². The SMILES string of the molecule is C.C.C.C.CNC(=O)O[C@@H](c1ccc(Cl)cc1Cl)c1c(Cl)cc(OC)cc1Cl.COc1cc(Cl)c(C(=O)c2ccc(Cl)cc2Cl)c(Cl)c1.COc1cc(Cl)c([C@@H](O)c2ccc(Cl)cc2Cl)c(Cl)c1.COc1cc(Cl)c([C@@H](OC(=O)NNC(=O)OC(C)(C)C)c2ccc(Cl)cc2Cl)c(Cl)c1.COc1cc(Cl)c([C@@H](OC(=O)n2ccnc2)c2ccc(Cl)cc2Cl)c(Cl)c1.COc1cc(Cl)cc(Cl)c1.O=C(Cl)c1ccc(Cl)cc1Cl. The number of amides is 3. The number of aliphatic hydroxyl groups is 1. The van der Waals surface area contributed by atoms with E-state index in [1.165, 1.54) is 120 Å². The first kappa shape index (κ1) is 134. The van der Waals surface area contributed by atoms with Crippen LogP contribution in [0.3, 0.4) is 0 Å². The molecular formula is C100H88Cl25N5O17. The van der Waals surface area contributed by atoms with Crippen molar-refractivity contribution >= 4 is 325 Å². The number of hydrazine groups is 1. The van der Waals surface area contributed by atoms with Crippen LogP contribution in [0.2, 0.25) is 121 Å². The van der Waals surface area contributed by atoms with Gasteiger partial charge in [0, 0.05) is 130 Å². The molecule has 0 unspecified atom stereocenters. The number of hydrogen-bond donors (Lipinski definition) is 4. The van der Waals surface area contributed by atoms with Crippen LogP contribution in [-0.2, 0) is 18.9 Å². The number of rotatable bonds is 20. The van der Waals surface area contributed by atoms with Gasteiger partial charge in [-0.25, -0.2) is 39.6 Å². The maximum absolute atomic E-state index is 12.5. The molecule has 0 aliphatic rings. The van der Waals surface area contributed by atoms with Gasteiger partial charge >= 0.3 is 24.4 Å². The number of aliphatic hydroxyl groups excluding tert-OH is 1. The van der Waals surface area contributed by atoms with Crippen LogP contribution in [0, 0.1) is 0 Å². The number of aromatic nitrogens is 2. The van der Waals surface area contributed by atoms with E-state index in [0.29, 0.717) is 139 Å². The Morgan fingerprint density at radius 3 is 0.891 bits per heavy atom. The number of imidazole rings is 1. The zero-order valence-corrected chi connectivity index (χ0v) is 93.7. The van der Waals surface area contributed by atoms with Gasteiger partial charge in [-0.15, -0.1) is 0 Å². The van der Waals surface area contributed by atoms with E-state index in [0.717, 1.165) is 0 Å². The summed E-state index contributed by atoms with van der Waals surface area (Å²) in [4.78, 5) is 75.4. The highest BCUT2D eigenvalue weighted by molar-refractivity contribution is 6.69. The van der Waals surface area contributed by atoms with Crippen LogP contribution in [0.25, 0.3) is 0 Å². The summed E-state index contributed by atoms with van der Waals surface area (Å²) in [7, 11) is 10.5. The minimum absolute atomic E-state index is 0. The fraction of sp³-hybridized carbons (Fsp3) is 0.190. The van der Waals surface area contributed by atoms with E-state index in [2.05, 4.69) is 21.2 Å². The summed E-state index contributed by atoms with van der Waals surface area (Å²) in [5.41, 5.74) is 7.41. The third kappa shape index (κ3) is 40.1. The van der Waals surface area contributed by atoms with E-state index >= 15 is 0 Å². The standard InChI is InChI=1S/C20H20Cl4N2O5.C18H12Cl4N2O3.C16H13Cl4NO3.C14H10Cl4O2.C14H8Cl4O2.C7H3Cl3O.C7H6Cl2O.4CH4/c1-20(2,3)31-19(28)26-25-18(27)30-17(12-6-5-10(21)7-13(12)22)16-14(23)8-11(29-4)9-15(16)24;1-26-11-7-14(21)16(15(22)8-11)17(12-3-2-10(19)6-13(12)20)27-18(25)24-5-4-23-9-24;1-21-16(22)24-15(10-4-3-8(17)5-11(10)18)14-12(19)6-9(23-2)7-13(14)20;2*1-20-8-5-11(17)13(12(18)6-8)14(19)9-3-2-7(15)4-10(9)16;8-4-1-2-5(7(10)11)6(9)3-4;1-10-7-3-5(8)2-6(9)4-7;;;;/h5-9,17H,1-4H3,(H,25,27)(H,26,28);2-9,17H,1H3;3-7,15H,1-2H3,(H,21,22);2-6,14,19H,1H3;2-6H,1H3;1-3H;2-4H,1H3;4*1H4/t2*17-;15-;14-;;;;;;;/m0000......./s1. The molecule has 4 N–H and O–H groups in total. The summed E-state index contributed by atoms with van der Waals surface area (Å²) in [6.07, 6.45) is -3.05. The van der Waals surface area contributed by atoms with Gasteiger partial charge in [-0.05, 0) is 196 Å². The third-order valence-electron chi connectivity index (χ3n) is 18.3. The summed E-state index contributed by atoms with van der Waals surface area (Å²) in [6.45, 7) is 5.03. The van der Waals surface area contributed by atoms with Gasteiger partial charge in [0.1, 0.15) is 52.5 Å². The minimum atomic E-state index is -1.13. The average molecular weight is 2520 g/mol. The van der Waals surface area contributed by atoms with E-state index < -0.39 is 59.6 Å². The molecule has 13 aromatic rings. The van der Waals surface area contributed by atoms with Crippen LogP contribution >= 0.6 is 290 Å². The lowest BCUT2D eigenvalue weighted by atomic mass is 10.0. The molecule has 1 aromatic heterocycles. The molecule has 47 heteroatoms. The number of carbonyl (C=O) groups excluding carboxylic acids is 6. The van der Waals surface area contributed by atoms with Crippen molar-refractivity contribution in [2.75, 3.05) is 49.7 Å². The number of methoxy groups -OCH3 is 6. The maximum atomic E-state index is 12.5. The molecule has 0 saturated heterocycles. The van der Waals surface area contributed by atoms with Crippen molar-refractivity contribution < 1.29 is 81.2 Å². The summed E-state index contributed by atoms with van der Waals surface area (Å²) in [5, 5.41) is 20.2. The normalized spacial score (nSPS) is 11.1. The van der Waals surface area contributed by atoms with Gasteiger partial charge in [0.05, 0.1) is 114 Å². The molecule has 0 radical (unpaired) electrons. The van der Waals surface area contributed by atoms with Crippen molar-refractivity contribution in [3.05, 3.63) is 389 Å². The Balaban J connectivity index is 0.000000449. The number of nitrogens with one attached hydrogen (secondary N) is 3. The van der Waals surface area contributed by atoms with Gasteiger partial charge < -0.3 is 57.8 Å². The van der Waals surface area contributed by atoms with Crippen molar-refractivity contribution in [1.29, 1.82) is 0 Å². The van der Waals surface area contributed by atoms with Crippen LogP contribution in [0.15, 0.2) is 207 Å². The van der Waals surface area contributed by atoms with Crippen molar-refractivity contribution in [2.45, 2.75) is 80.5 Å². The van der Waals surface area contributed by atoms with Gasteiger partial charge in [0.2, 0.25) is 0 Å². The molecule has 0 aliphatic heterocycles. The molecule has 0 aliphatic carbocycles. The van der Waals surface area contributed by atoms with Crippen LogP contribution in [-0.4, -0.2) is 105 Å². The van der Waals surface area contributed by atoms with Gasteiger partial charge in [0.15, 0.2) is 24.1 Å². The molecule has 22 nitrogen and oxygen atoms in total. The second kappa shape index (κ2) is 63.8. The number of ketones is 1. The molecular weight excluding hydrogens is 2430 g/mol. The first-order valence-corrected chi connectivity index (χ1v) is 49.1. The van der Waals surface area contributed by atoms with Crippen molar-refractivity contribution in [3.8, 4) is 34.5 Å². The number of alkyl carbamates (subject to hydrolysis) is 1. The molecule has 3 amide bonds. The van der Waals surface area contributed by atoms with Gasteiger partial charge in [0.25, 0.3) is 5.24 Å². The van der Waals surface area contributed by atoms with Crippen molar-refractivity contribution in [3.63, 3.8) is 0 Å². The monoisotopic (exact) mass is 2500 g/mol. The van der Waals surface area contributed by atoms with Crippen LogP contribution in [0.5, 0.6) is 34.5 Å². The molecule has 13 rings (SSSR count). The Hall–Kier alpha value is -7.52. The molecule has 4 atom stereocenters. The lowest BCUT2D eigenvalue weighted by Crippen LogP contribution is -2.44. The van der Waals surface area contributed by atoms with Gasteiger partial charge in [-0.1, -0.05) is 332 Å². The second-order valence-electron chi connectivity index (χ2n) is 29.0. The van der Waals surface area contributed by atoms with Gasteiger partial charge in [-0.2, -0.15) is 0 Å². The Kier molecular flexibility index (Phi) is 58.0. The number of ether oxygens (including phenoxy) is 10. The fourth-order valence-electron chi connectivity index (χ4n) is 11.8. The second-order valence-corrected chi connectivity index (χ2v) is 39.4. The number of carbonyl (C=O) groups is 6. The van der Waals surface area contributed by atoms with E-state index in [1.807, 2.05) is 0 Å². The molecule has 0 saturated carbocycles. The zero-order valence-electron chi connectivity index (χ0n) is 74.8. The van der Waals surface area contributed by atoms with Crippen molar-refractivity contribution in [1.82, 2.24) is 25.7 Å². The number of nitrogens with zero attached hydrogens (tertiary/aromatic N) is 2. The molecule has 0 spiro atoms. The predicted molar refractivity (Wildman–Crippen MR) is 606 cm³/mol. The number of benzene rings is 12. The largest absolute Gasteiger partial charge is 0.497 e. The highest BCUT2D eigenvalue weighted by Gasteiger charge is 2.33. The minimum Gasteiger partial charge on any atom is -0.497 e. The Bertz CT molecular complexity index is 6590. The Labute approximate surface area is 975 Å². The van der Waals surface area contributed by atoms with Gasteiger partial charge in [-0.3, -0.25) is 9.59 Å². The quantitative estimate of drug-likeness (QED) is 0.0239. The summed E-state index contributed by atoms with van der Waals surface area (Å²) in [6, 6.07) is 48.8. The maximum Gasteiger partial charge on any atom is 0.427 e. The first-order valence-electron chi connectivity index (χ1n) is 39.7. The van der Waals surface area contributed by atoms with Crippen molar-refractivity contribution in [2.24, 2.45) is 0 Å². The van der Waals surface area contributed by atoms with E-state index in [9.17, 15) is 33.9 Å². The Morgan fingerprint density at radius 2 is 0.599 bits per heavy atom. The Morgan fingerprint density at radius 1 is 0.320 bits per heavy atom. The lowest BCUT2D eigenvalue weighted by molar-refractivity contribution is 0.0474. The number of halogens is 25. The zero-order chi connectivity index (χ0) is 106. The smallest absolute Gasteiger partial charge is 0.427 e.